The zero-order chi connectivity index (χ0) is 15.0. The second-order valence-electron chi connectivity index (χ2n) is 5.01. The molecule has 5 heteroatoms. The summed E-state index contributed by atoms with van der Waals surface area (Å²) in [6, 6.07) is 13.0. The van der Waals surface area contributed by atoms with Crippen LogP contribution in [0.25, 0.3) is 0 Å². The summed E-state index contributed by atoms with van der Waals surface area (Å²) >= 11 is 3.35. The van der Waals surface area contributed by atoms with Gasteiger partial charge in [0.05, 0.1) is 6.04 Å². The molecular formula is C16H13BrFNO2. The maximum atomic E-state index is 13.4. The van der Waals surface area contributed by atoms with E-state index >= 15 is 0 Å². The number of carbonyl (C=O) groups excluding carboxylic acids is 1. The van der Waals surface area contributed by atoms with Crippen molar-refractivity contribution in [1.82, 2.24) is 0 Å². The number of rotatable bonds is 2. The number of aliphatic hydroxyl groups excluding tert-OH is 1. The van der Waals surface area contributed by atoms with Crippen molar-refractivity contribution in [3.63, 3.8) is 0 Å². The van der Waals surface area contributed by atoms with Gasteiger partial charge < -0.3 is 10.0 Å². The van der Waals surface area contributed by atoms with Gasteiger partial charge in [-0.2, -0.15) is 0 Å². The standard InChI is InChI=1S/C16H13BrFNO2/c17-11-4-6-13(7-5-11)19-14(9-15(20)16(19)21)10-2-1-3-12(18)8-10/h1-8,14-15,20H,9H2. The highest BCUT2D eigenvalue weighted by molar-refractivity contribution is 9.10. The lowest BCUT2D eigenvalue weighted by Gasteiger charge is -2.25. The van der Waals surface area contributed by atoms with Crippen LogP contribution in [-0.2, 0) is 4.79 Å². The molecule has 1 saturated heterocycles. The molecule has 0 radical (unpaired) electrons. The van der Waals surface area contributed by atoms with Crippen molar-refractivity contribution in [3.05, 3.63) is 64.4 Å². The molecular weight excluding hydrogens is 337 g/mol. The lowest BCUT2D eigenvalue weighted by atomic mass is 10.0. The third-order valence-corrected chi connectivity index (χ3v) is 4.15. The van der Waals surface area contributed by atoms with Gasteiger partial charge >= 0.3 is 0 Å². The van der Waals surface area contributed by atoms with Gasteiger partial charge in [0, 0.05) is 16.6 Å². The van der Waals surface area contributed by atoms with Crippen molar-refractivity contribution >= 4 is 27.5 Å². The molecule has 108 valence electrons. The van der Waals surface area contributed by atoms with Gasteiger partial charge in [-0.25, -0.2) is 4.39 Å². The van der Waals surface area contributed by atoms with Gasteiger partial charge in [-0.15, -0.1) is 0 Å². The minimum Gasteiger partial charge on any atom is -0.383 e. The molecule has 2 aromatic rings. The van der Waals surface area contributed by atoms with Crippen LogP contribution in [0, 0.1) is 5.82 Å². The molecule has 0 aromatic heterocycles. The van der Waals surface area contributed by atoms with E-state index in [1.165, 1.54) is 17.0 Å². The molecule has 1 heterocycles. The largest absolute Gasteiger partial charge is 0.383 e. The predicted molar refractivity (Wildman–Crippen MR) is 81.4 cm³/mol. The molecule has 0 bridgehead atoms. The van der Waals surface area contributed by atoms with Gasteiger partial charge in [0.1, 0.15) is 11.9 Å². The Hall–Kier alpha value is -1.72. The molecule has 2 unspecified atom stereocenters. The topological polar surface area (TPSA) is 40.5 Å². The van der Waals surface area contributed by atoms with Crippen molar-refractivity contribution in [2.24, 2.45) is 0 Å². The molecule has 2 atom stereocenters. The van der Waals surface area contributed by atoms with E-state index < -0.39 is 6.10 Å². The monoisotopic (exact) mass is 349 g/mol. The number of halogens is 2. The van der Waals surface area contributed by atoms with E-state index in [4.69, 9.17) is 0 Å². The van der Waals surface area contributed by atoms with Crippen LogP contribution in [0.5, 0.6) is 0 Å². The van der Waals surface area contributed by atoms with E-state index in [1.54, 1.807) is 24.3 Å². The second-order valence-corrected chi connectivity index (χ2v) is 5.92. The Kier molecular flexibility index (Phi) is 3.78. The highest BCUT2D eigenvalue weighted by atomic mass is 79.9. The van der Waals surface area contributed by atoms with Crippen LogP contribution in [0.1, 0.15) is 18.0 Å². The molecule has 2 aromatic carbocycles. The Balaban J connectivity index is 2.02. The Labute approximate surface area is 130 Å². The molecule has 0 aliphatic carbocycles. The van der Waals surface area contributed by atoms with E-state index in [9.17, 15) is 14.3 Å². The van der Waals surface area contributed by atoms with Crippen molar-refractivity contribution in [2.75, 3.05) is 4.90 Å². The number of anilines is 1. The number of nitrogens with zero attached hydrogens (tertiary/aromatic N) is 1. The Bertz CT molecular complexity index is 674. The number of carbonyl (C=O) groups is 1. The number of hydrogen-bond donors (Lipinski definition) is 1. The first kappa shape index (κ1) is 14.2. The van der Waals surface area contributed by atoms with E-state index in [0.29, 0.717) is 11.3 Å². The van der Waals surface area contributed by atoms with Gasteiger partial charge in [-0.3, -0.25) is 4.79 Å². The van der Waals surface area contributed by atoms with E-state index in [0.717, 1.165) is 4.47 Å². The fourth-order valence-corrected chi connectivity index (χ4v) is 2.90. The molecule has 3 rings (SSSR count). The minimum atomic E-state index is -1.05. The quantitative estimate of drug-likeness (QED) is 0.902. The van der Waals surface area contributed by atoms with Crippen molar-refractivity contribution in [1.29, 1.82) is 0 Å². The summed E-state index contributed by atoms with van der Waals surface area (Å²) in [6.07, 6.45) is -0.792. The number of amides is 1. The molecule has 3 nitrogen and oxygen atoms in total. The summed E-state index contributed by atoms with van der Waals surface area (Å²) < 4.78 is 14.3. The first-order valence-electron chi connectivity index (χ1n) is 6.58. The summed E-state index contributed by atoms with van der Waals surface area (Å²) in [7, 11) is 0. The minimum absolute atomic E-state index is 0.262. The number of hydrogen-bond acceptors (Lipinski definition) is 2. The predicted octanol–water partition coefficient (Wildman–Crippen LogP) is 3.43. The van der Waals surface area contributed by atoms with E-state index in [2.05, 4.69) is 15.9 Å². The Morgan fingerprint density at radius 2 is 1.90 bits per heavy atom. The zero-order valence-electron chi connectivity index (χ0n) is 11.0. The molecule has 1 fully saturated rings. The molecule has 1 amide bonds. The molecule has 1 N–H and O–H groups in total. The number of aliphatic hydroxyl groups is 1. The third-order valence-electron chi connectivity index (χ3n) is 3.62. The van der Waals surface area contributed by atoms with E-state index in [1.807, 2.05) is 12.1 Å². The second kappa shape index (κ2) is 5.58. The third kappa shape index (κ3) is 2.71. The van der Waals surface area contributed by atoms with Crippen LogP contribution in [0.3, 0.4) is 0 Å². The van der Waals surface area contributed by atoms with Gasteiger partial charge in [0.2, 0.25) is 0 Å². The maximum absolute atomic E-state index is 13.4. The molecule has 21 heavy (non-hydrogen) atoms. The first-order valence-corrected chi connectivity index (χ1v) is 7.38. The van der Waals surface area contributed by atoms with Crippen molar-refractivity contribution < 1.29 is 14.3 Å². The maximum Gasteiger partial charge on any atom is 0.256 e. The average molecular weight is 350 g/mol. The fourth-order valence-electron chi connectivity index (χ4n) is 2.64. The van der Waals surface area contributed by atoms with Crippen LogP contribution in [-0.4, -0.2) is 17.1 Å². The highest BCUT2D eigenvalue weighted by Gasteiger charge is 2.40. The highest BCUT2D eigenvalue weighted by Crippen LogP contribution is 2.37. The number of benzene rings is 2. The van der Waals surface area contributed by atoms with Crippen LogP contribution >= 0.6 is 15.9 Å². The van der Waals surface area contributed by atoms with Gasteiger partial charge in [-0.1, -0.05) is 28.1 Å². The van der Waals surface area contributed by atoms with Crippen LogP contribution in [0.15, 0.2) is 53.0 Å². The molecule has 0 saturated carbocycles. The lowest BCUT2D eigenvalue weighted by molar-refractivity contribution is -0.124. The van der Waals surface area contributed by atoms with Crippen LogP contribution in [0.4, 0.5) is 10.1 Å². The smallest absolute Gasteiger partial charge is 0.256 e. The van der Waals surface area contributed by atoms with Crippen molar-refractivity contribution in [2.45, 2.75) is 18.6 Å². The van der Waals surface area contributed by atoms with Gasteiger partial charge in [-0.05, 0) is 42.0 Å². The SMILES string of the molecule is O=C1C(O)CC(c2cccc(F)c2)N1c1ccc(Br)cc1. The fraction of sp³-hybridized carbons (Fsp3) is 0.188. The summed E-state index contributed by atoms with van der Waals surface area (Å²) in [5.74, 6) is -0.705. The average Bonchev–Trinajstić information content (AvgIpc) is 2.76. The molecule has 0 spiro atoms. The van der Waals surface area contributed by atoms with Crippen LogP contribution in [0.2, 0.25) is 0 Å². The summed E-state index contributed by atoms with van der Waals surface area (Å²) in [6.45, 7) is 0. The van der Waals surface area contributed by atoms with Crippen LogP contribution < -0.4 is 4.90 Å². The van der Waals surface area contributed by atoms with E-state index in [-0.39, 0.29) is 24.2 Å². The lowest BCUT2D eigenvalue weighted by Crippen LogP contribution is -2.30. The Morgan fingerprint density at radius 3 is 2.57 bits per heavy atom. The first-order chi connectivity index (χ1) is 10.1. The summed E-state index contributed by atoms with van der Waals surface area (Å²) in [4.78, 5) is 13.8. The Morgan fingerprint density at radius 1 is 1.19 bits per heavy atom. The molecule has 1 aliphatic rings. The van der Waals surface area contributed by atoms with Crippen molar-refractivity contribution in [3.8, 4) is 0 Å². The summed E-state index contributed by atoms with van der Waals surface area (Å²) in [5.41, 5.74) is 1.37. The van der Waals surface area contributed by atoms with Gasteiger partial charge in [0.15, 0.2) is 0 Å². The van der Waals surface area contributed by atoms with Gasteiger partial charge in [0.25, 0.3) is 5.91 Å². The summed E-state index contributed by atoms with van der Waals surface area (Å²) in [5, 5.41) is 9.89. The zero-order valence-corrected chi connectivity index (χ0v) is 12.6. The molecule has 1 aliphatic heterocycles. The normalized spacial score (nSPS) is 21.9.